The maximum Gasteiger partial charge on any atom is 4.00 e. The molecule has 5 heteroatoms. The maximum absolute atomic E-state index is 2.48. The normalized spacial score (nSPS) is 16.4. The van der Waals surface area contributed by atoms with Gasteiger partial charge in [-0.15, -0.1) is 5.04 Å². The van der Waals surface area contributed by atoms with Gasteiger partial charge in [-0.05, 0) is 6.42 Å². The molecule has 116 valence electrons. The summed E-state index contributed by atoms with van der Waals surface area (Å²) in [4.78, 5) is 0. The van der Waals surface area contributed by atoms with Crippen molar-refractivity contribution in [1.29, 1.82) is 0 Å². The summed E-state index contributed by atoms with van der Waals surface area (Å²) >= 11 is 0. The van der Waals surface area contributed by atoms with Crippen LogP contribution in [-0.2, 0) is 21.7 Å². The van der Waals surface area contributed by atoms with Crippen LogP contribution in [0.4, 0.5) is 0 Å². The van der Waals surface area contributed by atoms with Crippen molar-refractivity contribution in [2.24, 2.45) is 5.41 Å². The quantitative estimate of drug-likeness (QED) is 0.474. The van der Waals surface area contributed by atoms with Crippen LogP contribution in [0.15, 0.2) is 23.8 Å². The van der Waals surface area contributed by atoms with Gasteiger partial charge in [0.05, 0.1) is 0 Å². The topological polar surface area (TPSA) is 33.5 Å². The van der Waals surface area contributed by atoms with E-state index in [1.165, 1.54) is 0 Å². The van der Waals surface area contributed by atoms with Crippen molar-refractivity contribution < 1.29 is 46.5 Å². The minimum atomic E-state index is -0.757. The molecular weight excluding hydrogens is 341 g/mol. The predicted molar refractivity (Wildman–Crippen MR) is 82.7 cm³/mol. The van der Waals surface area contributed by atoms with Gasteiger partial charge in [-0.3, -0.25) is 0 Å². The van der Waals surface area contributed by atoms with E-state index in [-0.39, 0.29) is 52.7 Å². The summed E-state index contributed by atoms with van der Waals surface area (Å²) < 4.78 is 0. The second kappa shape index (κ2) is 10.6. The van der Waals surface area contributed by atoms with Crippen LogP contribution >= 0.6 is 0 Å². The summed E-state index contributed by atoms with van der Waals surface area (Å²) in [6.07, 6.45) is 8.03. The van der Waals surface area contributed by atoms with Gasteiger partial charge < -0.3 is 36.9 Å². The van der Waals surface area contributed by atoms with E-state index in [9.17, 15) is 0 Å². The standard InChI is InChI=1S/C15H27Si.2ClH.H2N.Ti/c1-12(14(2,3)4)15(5,16(6)7)13-10-8-9-11-13;;;;/h8-10,16H,11H2,1-7H3;2*1H;1H2;/q-1;;;-1;+4/p-2. The van der Waals surface area contributed by atoms with E-state index in [1.807, 2.05) is 0 Å². The SMILES string of the molecule is C[C-](C(C)(C)C)C(C)(C1=CC=CC1)[SiH](C)C.[Cl-].[Cl-].[NH2-].[Ti+4]. The molecule has 0 bridgehead atoms. The molecule has 0 saturated heterocycles. The minimum Gasteiger partial charge on any atom is -1.00 e. The fraction of sp³-hybridized carbons (Fsp3) is 0.667. The van der Waals surface area contributed by atoms with Crippen LogP contribution in [0.5, 0.6) is 0 Å². The molecule has 0 amide bonds. The molecule has 1 aliphatic rings. The Morgan fingerprint density at radius 2 is 1.55 bits per heavy atom. The number of nitrogens with two attached hydrogens (primary N) is 1. The Labute approximate surface area is 155 Å². The number of rotatable bonds is 3. The van der Waals surface area contributed by atoms with Gasteiger partial charge in [-0.25, -0.2) is 0 Å². The van der Waals surface area contributed by atoms with Crippen molar-refractivity contribution >= 4 is 8.80 Å². The third-order valence-corrected chi connectivity index (χ3v) is 7.61. The van der Waals surface area contributed by atoms with E-state index in [0.717, 1.165) is 6.42 Å². The Kier molecular flexibility index (Phi) is 15.4. The van der Waals surface area contributed by atoms with Crippen LogP contribution < -0.4 is 24.8 Å². The number of hydrogen-bond donors (Lipinski definition) is 0. The van der Waals surface area contributed by atoms with E-state index in [4.69, 9.17) is 0 Å². The van der Waals surface area contributed by atoms with Crippen molar-refractivity contribution in [3.63, 3.8) is 0 Å². The van der Waals surface area contributed by atoms with E-state index >= 15 is 0 Å². The van der Waals surface area contributed by atoms with Crippen LogP contribution in [0.1, 0.15) is 41.0 Å². The van der Waals surface area contributed by atoms with Gasteiger partial charge in [0.25, 0.3) is 0 Å². The molecule has 0 heterocycles. The van der Waals surface area contributed by atoms with E-state index in [0.29, 0.717) is 10.5 Å². The minimum absolute atomic E-state index is 0. The average molecular weight is 370 g/mol. The molecule has 0 spiro atoms. The van der Waals surface area contributed by atoms with Gasteiger partial charge in [0.15, 0.2) is 0 Å². The van der Waals surface area contributed by atoms with Crippen LogP contribution in [0, 0.1) is 11.3 Å². The fourth-order valence-electron chi connectivity index (χ4n) is 2.66. The Morgan fingerprint density at radius 1 is 1.10 bits per heavy atom. The van der Waals surface area contributed by atoms with Crippen LogP contribution in [0.25, 0.3) is 6.15 Å². The molecule has 20 heavy (non-hydrogen) atoms. The first-order valence-electron chi connectivity index (χ1n) is 6.41. The zero-order valence-electron chi connectivity index (χ0n) is 13.8. The molecule has 1 unspecified atom stereocenters. The average Bonchev–Trinajstić information content (AvgIpc) is 2.66. The first kappa shape index (κ1) is 29.0. The summed E-state index contributed by atoms with van der Waals surface area (Å²) in [5.74, 6) is 1.66. The van der Waals surface area contributed by atoms with Crippen molar-refractivity contribution in [2.45, 2.75) is 59.2 Å². The van der Waals surface area contributed by atoms with Crippen molar-refractivity contribution in [1.82, 2.24) is 0 Å². The molecule has 0 aromatic heterocycles. The predicted octanol–water partition coefficient (Wildman–Crippen LogP) is -0.517. The third kappa shape index (κ3) is 5.98. The molecule has 0 radical (unpaired) electrons. The van der Waals surface area contributed by atoms with Crippen LogP contribution in [-0.4, -0.2) is 8.80 Å². The van der Waals surface area contributed by atoms with Gasteiger partial charge in [-0.2, -0.15) is 12.3 Å². The molecule has 2 N–H and O–H groups in total. The molecule has 0 aromatic carbocycles. The Balaban J connectivity index is -0.000000320. The Morgan fingerprint density at radius 3 is 1.80 bits per heavy atom. The summed E-state index contributed by atoms with van der Waals surface area (Å²) in [6, 6.07) is 0. The molecule has 1 atom stereocenters. The van der Waals surface area contributed by atoms with Gasteiger partial charge in [0.1, 0.15) is 0 Å². The third-order valence-electron chi connectivity index (χ3n) is 4.50. The summed E-state index contributed by atoms with van der Waals surface area (Å²) in [5, 5.41) is 0.377. The number of halogens is 2. The maximum atomic E-state index is 2.48. The molecular formula is C15H29Cl2NSiTi. The molecule has 0 fully saturated rings. The zero-order valence-corrected chi connectivity index (χ0v) is 18.1. The van der Waals surface area contributed by atoms with Gasteiger partial charge in [0.2, 0.25) is 0 Å². The number of allylic oxidation sites excluding steroid dienone is 4. The van der Waals surface area contributed by atoms with E-state index < -0.39 is 8.80 Å². The monoisotopic (exact) mass is 369 g/mol. The molecule has 0 saturated carbocycles. The van der Waals surface area contributed by atoms with Gasteiger partial charge >= 0.3 is 21.7 Å². The van der Waals surface area contributed by atoms with Crippen molar-refractivity contribution in [3.8, 4) is 0 Å². The summed E-state index contributed by atoms with van der Waals surface area (Å²) in [7, 11) is -0.757. The second-order valence-corrected chi connectivity index (χ2v) is 10.0. The first-order chi connectivity index (χ1) is 7.20. The fourth-order valence-corrected chi connectivity index (χ4v) is 4.91. The smallest absolute Gasteiger partial charge is 1.00 e. The first-order valence-corrected chi connectivity index (χ1v) is 9.30. The van der Waals surface area contributed by atoms with E-state index in [1.54, 1.807) is 11.5 Å². The Bertz CT molecular complexity index is 324. The zero-order chi connectivity index (χ0) is 12.6. The van der Waals surface area contributed by atoms with Crippen LogP contribution in [0.3, 0.4) is 0 Å². The van der Waals surface area contributed by atoms with E-state index in [2.05, 4.69) is 65.9 Å². The van der Waals surface area contributed by atoms with Crippen molar-refractivity contribution in [2.75, 3.05) is 0 Å². The van der Waals surface area contributed by atoms with Crippen LogP contribution in [0.2, 0.25) is 18.1 Å². The summed E-state index contributed by atoms with van der Waals surface area (Å²) in [5.41, 5.74) is 1.96. The molecule has 1 rings (SSSR count). The van der Waals surface area contributed by atoms with Gasteiger partial charge in [-0.1, -0.05) is 64.6 Å². The molecule has 0 aliphatic heterocycles. The Hall–Kier alpha value is 0.951. The van der Waals surface area contributed by atoms with Crippen molar-refractivity contribution in [3.05, 3.63) is 35.9 Å². The summed E-state index contributed by atoms with van der Waals surface area (Å²) in [6.45, 7) is 16.8. The molecule has 1 aliphatic carbocycles. The van der Waals surface area contributed by atoms with Gasteiger partial charge in [0, 0.05) is 8.80 Å². The molecule has 1 nitrogen and oxygen atoms in total. The number of hydrogen-bond acceptors (Lipinski definition) is 0. The largest absolute Gasteiger partial charge is 4.00 e. The second-order valence-electron chi connectivity index (χ2n) is 6.56. The molecule has 0 aromatic rings.